The molecule has 1 rings (SSSR count). The average Bonchev–Trinajstić information content (AvgIpc) is 1.99. The second-order valence-corrected chi connectivity index (χ2v) is 3.18. The quantitative estimate of drug-likeness (QED) is 0.478. The normalized spacial score (nSPS) is 9.64. The minimum atomic E-state index is -0.543. The van der Waals surface area contributed by atoms with Gasteiger partial charge in [0.1, 0.15) is 12.1 Å². The first kappa shape index (κ1) is 8.45. The van der Waals surface area contributed by atoms with E-state index in [9.17, 15) is 9.18 Å². The Kier molecular flexibility index (Phi) is 2.43. The van der Waals surface area contributed by atoms with Crippen LogP contribution in [0.4, 0.5) is 10.1 Å². The smallest absolute Gasteiger partial charge is 0.150 e. The molecule has 0 aromatic heterocycles. The molecule has 0 radical (unpaired) electrons. The van der Waals surface area contributed by atoms with Crippen LogP contribution in [-0.4, -0.2) is 6.29 Å². The molecule has 0 spiro atoms. The Morgan fingerprint density at radius 2 is 2.18 bits per heavy atom. The number of hydrogen-bond acceptors (Lipinski definition) is 2. The Morgan fingerprint density at radius 1 is 1.55 bits per heavy atom. The Hall–Kier alpha value is -0.650. The van der Waals surface area contributed by atoms with E-state index in [0.29, 0.717) is 15.4 Å². The van der Waals surface area contributed by atoms with Crippen molar-refractivity contribution in [2.24, 2.45) is 0 Å². The van der Waals surface area contributed by atoms with Crippen LogP contribution < -0.4 is 5.73 Å². The maximum Gasteiger partial charge on any atom is 0.150 e. The maximum atomic E-state index is 12.7. The van der Waals surface area contributed by atoms with Crippen molar-refractivity contribution in [3.8, 4) is 0 Å². The van der Waals surface area contributed by atoms with Crippen molar-refractivity contribution in [3.63, 3.8) is 0 Å². The number of rotatable bonds is 1. The van der Waals surface area contributed by atoms with Gasteiger partial charge in [-0.25, -0.2) is 4.39 Å². The molecule has 0 aliphatic carbocycles. The van der Waals surface area contributed by atoms with Gasteiger partial charge in [-0.05, 0) is 34.7 Å². The molecule has 58 valence electrons. The van der Waals surface area contributed by atoms with E-state index in [2.05, 4.69) is 0 Å². The number of halogens is 2. The zero-order valence-electron chi connectivity index (χ0n) is 5.47. The van der Waals surface area contributed by atoms with Crippen LogP contribution in [0.1, 0.15) is 10.4 Å². The van der Waals surface area contributed by atoms with E-state index in [0.717, 1.165) is 6.07 Å². The standard InChI is InChI=1S/C7H5FINO/c8-5-1-4(3-11)2-6(9)7(5)10/h1-3H,10H2. The second kappa shape index (κ2) is 3.17. The highest BCUT2D eigenvalue weighted by molar-refractivity contribution is 14.1. The molecular weight excluding hydrogens is 260 g/mol. The Morgan fingerprint density at radius 3 is 2.64 bits per heavy atom. The van der Waals surface area contributed by atoms with Gasteiger partial charge in [0.25, 0.3) is 0 Å². The number of hydrogen-bond donors (Lipinski definition) is 1. The fourth-order valence-corrected chi connectivity index (χ4v) is 1.29. The summed E-state index contributed by atoms with van der Waals surface area (Å²) >= 11 is 1.88. The van der Waals surface area contributed by atoms with Crippen LogP contribution in [0.3, 0.4) is 0 Å². The van der Waals surface area contributed by atoms with E-state index >= 15 is 0 Å². The summed E-state index contributed by atoms with van der Waals surface area (Å²) in [7, 11) is 0. The number of nitrogen functional groups attached to an aromatic ring is 1. The van der Waals surface area contributed by atoms with Crippen LogP contribution >= 0.6 is 22.6 Å². The molecule has 1 aromatic carbocycles. The van der Waals surface area contributed by atoms with Gasteiger partial charge in [0, 0.05) is 9.13 Å². The fourth-order valence-electron chi connectivity index (χ4n) is 0.672. The van der Waals surface area contributed by atoms with Gasteiger partial charge in [0.15, 0.2) is 0 Å². The minimum absolute atomic E-state index is 0.0937. The van der Waals surface area contributed by atoms with Crippen molar-refractivity contribution in [1.82, 2.24) is 0 Å². The Labute approximate surface area is 76.7 Å². The van der Waals surface area contributed by atoms with E-state index in [4.69, 9.17) is 5.73 Å². The first-order chi connectivity index (χ1) is 5.15. The summed E-state index contributed by atoms with van der Waals surface area (Å²) in [6.07, 6.45) is 0.588. The van der Waals surface area contributed by atoms with Crippen molar-refractivity contribution < 1.29 is 9.18 Å². The molecule has 0 heterocycles. The fraction of sp³-hybridized carbons (Fsp3) is 0. The first-order valence-corrected chi connectivity index (χ1v) is 3.92. The molecule has 0 amide bonds. The van der Waals surface area contributed by atoms with Crippen LogP contribution in [0.15, 0.2) is 12.1 Å². The van der Waals surface area contributed by atoms with Crippen LogP contribution in [0, 0.1) is 9.39 Å². The molecular formula is C7H5FINO. The number of nitrogens with two attached hydrogens (primary N) is 1. The Bertz CT molecular complexity index is 277. The van der Waals surface area contributed by atoms with E-state index in [1.807, 2.05) is 22.6 Å². The lowest BCUT2D eigenvalue weighted by Gasteiger charge is -1.99. The average molecular weight is 265 g/mol. The molecule has 0 atom stereocenters. The third-order valence-electron chi connectivity index (χ3n) is 1.24. The molecule has 0 fully saturated rings. The summed E-state index contributed by atoms with van der Waals surface area (Å²) in [5.41, 5.74) is 5.71. The third-order valence-corrected chi connectivity index (χ3v) is 2.13. The van der Waals surface area contributed by atoms with E-state index in [1.54, 1.807) is 0 Å². The zero-order valence-corrected chi connectivity index (χ0v) is 7.63. The van der Waals surface area contributed by atoms with E-state index in [1.165, 1.54) is 6.07 Å². The van der Waals surface area contributed by atoms with Crippen molar-refractivity contribution in [3.05, 3.63) is 27.1 Å². The van der Waals surface area contributed by atoms with Crippen LogP contribution in [0.5, 0.6) is 0 Å². The lowest BCUT2D eigenvalue weighted by atomic mass is 10.2. The lowest BCUT2D eigenvalue weighted by molar-refractivity contribution is 0.112. The second-order valence-electron chi connectivity index (χ2n) is 2.02. The summed E-state index contributed by atoms with van der Waals surface area (Å²) in [5.74, 6) is -0.543. The van der Waals surface area contributed by atoms with Crippen molar-refractivity contribution >= 4 is 34.6 Å². The SMILES string of the molecule is Nc1c(F)cc(C=O)cc1I. The number of anilines is 1. The predicted molar refractivity (Wildman–Crippen MR) is 48.9 cm³/mol. The van der Waals surface area contributed by atoms with Gasteiger partial charge in [-0.15, -0.1) is 0 Å². The highest BCUT2D eigenvalue weighted by atomic mass is 127. The monoisotopic (exact) mass is 265 g/mol. The molecule has 0 saturated heterocycles. The van der Waals surface area contributed by atoms with Gasteiger partial charge in [-0.3, -0.25) is 4.79 Å². The summed E-state index contributed by atoms with van der Waals surface area (Å²) in [6, 6.07) is 2.65. The molecule has 4 heteroatoms. The summed E-state index contributed by atoms with van der Waals surface area (Å²) in [4.78, 5) is 10.2. The summed E-state index contributed by atoms with van der Waals surface area (Å²) < 4.78 is 13.3. The van der Waals surface area contributed by atoms with Crippen molar-refractivity contribution in [2.45, 2.75) is 0 Å². The number of carbonyl (C=O) groups excluding carboxylic acids is 1. The molecule has 0 bridgehead atoms. The predicted octanol–water partition coefficient (Wildman–Crippen LogP) is 1.82. The maximum absolute atomic E-state index is 12.7. The van der Waals surface area contributed by atoms with Crippen LogP contribution in [0.2, 0.25) is 0 Å². The third kappa shape index (κ3) is 1.68. The summed E-state index contributed by atoms with van der Waals surface area (Å²) in [5, 5.41) is 0. The van der Waals surface area contributed by atoms with Gasteiger partial charge in [0.2, 0.25) is 0 Å². The van der Waals surface area contributed by atoms with Gasteiger partial charge in [-0.2, -0.15) is 0 Å². The molecule has 0 saturated carbocycles. The number of benzene rings is 1. The van der Waals surface area contributed by atoms with Gasteiger partial charge in [-0.1, -0.05) is 0 Å². The number of carbonyl (C=O) groups is 1. The molecule has 2 N–H and O–H groups in total. The molecule has 0 aliphatic rings. The van der Waals surface area contributed by atoms with Gasteiger partial charge >= 0.3 is 0 Å². The Balaban J connectivity index is 3.31. The van der Waals surface area contributed by atoms with Crippen LogP contribution in [-0.2, 0) is 0 Å². The molecule has 2 nitrogen and oxygen atoms in total. The molecule has 0 unspecified atom stereocenters. The van der Waals surface area contributed by atoms with Crippen molar-refractivity contribution in [1.29, 1.82) is 0 Å². The van der Waals surface area contributed by atoms with Gasteiger partial charge < -0.3 is 5.73 Å². The largest absolute Gasteiger partial charge is 0.395 e. The first-order valence-electron chi connectivity index (χ1n) is 2.85. The molecule has 11 heavy (non-hydrogen) atoms. The zero-order chi connectivity index (χ0) is 8.43. The van der Waals surface area contributed by atoms with Crippen molar-refractivity contribution in [2.75, 3.05) is 5.73 Å². The molecule has 1 aromatic rings. The van der Waals surface area contributed by atoms with Gasteiger partial charge in [0.05, 0.1) is 5.69 Å². The molecule has 0 aliphatic heterocycles. The highest BCUT2D eigenvalue weighted by Gasteiger charge is 2.04. The topological polar surface area (TPSA) is 43.1 Å². The van der Waals surface area contributed by atoms with Crippen LogP contribution in [0.25, 0.3) is 0 Å². The van der Waals surface area contributed by atoms with E-state index < -0.39 is 5.82 Å². The lowest BCUT2D eigenvalue weighted by Crippen LogP contribution is -1.96. The summed E-state index contributed by atoms with van der Waals surface area (Å²) in [6.45, 7) is 0. The highest BCUT2D eigenvalue weighted by Crippen LogP contribution is 2.19. The van der Waals surface area contributed by atoms with E-state index in [-0.39, 0.29) is 5.69 Å². The minimum Gasteiger partial charge on any atom is -0.395 e. The number of aldehydes is 1.